The molecule has 1 atom stereocenters. The molecule has 0 spiro atoms. The number of hydrogen-bond donors (Lipinski definition) is 0. The summed E-state index contributed by atoms with van der Waals surface area (Å²) in [5, 5.41) is 0. The van der Waals surface area contributed by atoms with Crippen molar-refractivity contribution in [2.75, 3.05) is 0 Å². The first-order chi connectivity index (χ1) is 8.26. The number of ether oxygens (including phenoxy) is 1. The van der Waals surface area contributed by atoms with Crippen LogP contribution < -0.4 is 4.74 Å². The monoisotopic (exact) mass is 344 g/mol. The molecule has 2 nitrogen and oxygen atoms in total. The van der Waals surface area contributed by atoms with Gasteiger partial charge in [0.25, 0.3) is 0 Å². The van der Waals surface area contributed by atoms with E-state index in [1.165, 1.54) is 25.1 Å². The molecule has 1 unspecified atom stereocenters. The minimum atomic E-state index is -4.83. The largest absolute Gasteiger partial charge is 0.573 e. The summed E-state index contributed by atoms with van der Waals surface area (Å²) in [5.74, 6) is -0.887. The summed E-state index contributed by atoms with van der Waals surface area (Å²) in [6.07, 6.45) is -4.83. The molecule has 1 rings (SSSR count). The van der Waals surface area contributed by atoms with Gasteiger partial charge in [-0.1, -0.05) is 34.1 Å². The Hall–Kier alpha value is -0.750. The highest BCUT2D eigenvalue weighted by Gasteiger charge is 2.34. The van der Waals surface area contributed by atoms with Crippen LogP contribution in [0.3, 0.4) is 0 Å². The Morgan fingerprint density at radius 1 is 1.50 bits per heavy atom. The van der Waals surface area contributed by atoms with Gasteiger partial charge in [-0.3, -0.25) is 4.79 Å². The molecule has 100 valence electrons. The van der Waals surface area contributed by atoms with E-state index in [0.29, 0.717) is 0 Å². The number of benzene rings is 1. The third-order valence-corrected chi connectivity index (χ3v) is 3.54. The molecule has 0 aliphatic rings. The van der Waals surface area contributed by atoms with E-state index in [4.69, 9.17) is 11.6 Å². The summed E-state index contributed by atoms with van der Waals surface area (Å²) >= 11 is 8.60. The lowest BCUT2D eigenvalue weighted by Crippen LogP contribution is -2.20. The van der Waals surface area contributed by atoms with Gasteiger partial charge >= 0.3 is 6.36 Å². The first-order valence-corrected chi connectivity index (χ1v) is 6.29. The number of Topliss-reactive ketones (excluding diaryl/α,β-unsaturated/α-hetero) is 1. The zero-order valence-electron chi connectivity index (χ0n) is 9.22. The van der Waals surface area contributed by atoms with Gasteiger partial charge in [0.1, 0.15) is 16.4 Å². The first-order valence-electron chi connectivity index (χ1n) is 4.84. The fourth-order valence-electron chi connectivity index (χ4n) is 1.37. The standard InChI is InChI=1S/C11H9BrClF3O2/c1-6(17)9(12)8-4-2-3-7(5-13)10(8)18-11(14,15)16/h2-4,9H,5H2,1H3. The van der Waals surface area contributed by atoms with Gasteiger partial charge in [0.05, 0.1) is 5.88 Å². The second-order valence-electron chi connectivity index (χ2n) is 3.49. The topological polar surface area (TPSA) is 26.3 Å². The predicted octanol–water partition coefficient (Wildman–Crippen LogP) is 4.35. The normalized spacial score (nSPS) is 13.2. The van der Waals surface area contributed by atoms with E-state index in [9.17, 15) is 18.0 Å². The Labute approximate surface area is 115 Å². The van der Waals surface area contributed by atoms with E-state index in [1.54, 1.807) is 0 Å². The minimum Gasteiger partial charge on any atom is -0.405 e. The molecule has 0 heterocycles. The molecular weight excluding hydrogens is 336 g/mol. The maximum atomic E-state index is 12.3. The molecule has 0 aromatic heterocycles. The zero-order chi connectivity index (χ0) is 13.9. The van der Waals surface area contributed by atoms with Crippen molar-refractivity contribution in [2.45, 2.75) is 24.0 Å². The van der Waals surface area contributed by atoms with Crippen molar-refractivity contribution in [1.82, 2.24) is 0 Å². The highest BCUT2D eigenvalue weighted by molar-refractivity contribution is 9.09. The van der Waals surface area contributed by atoms with Gasteiger partial charge < -0.3 is 4.74 Å². The Morgan fingerprint density at radius 2 is 2.11 bits per heavy atom. The molecule has 1 aromatic rings. The van der Waals surface area contributed by atoms with Crippen LogP contribution in [-0.2, 0) is 10.7 Å². The fraction of sp³-hybridized carbons (Fsp3) is 0.364. The highest BCUT2D eigenvalue weighted by atomic mass is 79.9. The van der Waals surface area contributed by atoms with E-state index < -0.39 is 16.9 Å². The second kappa shape index (κ2) is 5.93. The van der Waals surface area contributed by atoms with E-state index in [0.717, 1.165) is 0 Å². The van der Waals surface area contributed by atoms with Crippen LogP contribution in [0.5, 0.6) is 5.75 Å². The molecule has 0 saturated heterocycles. The van der Waals surface area contributed by atoms with Crippen molar-refractivity contribution in [1.29, 1.82) is 0 Å². The van der Waals surface area contributed by atoms with E-state index in [1.807, 2.05) is 0 Å². The molecule has 1 aromatic carbocycles. The number of carbonyl (C=O) groups excluding carboxylic acids is 1. The molecule has 0 aliphatic heterocycles. The average Bonchev–Trinajstić information content (AvgIpc) is 2.26. The second-order valence-corrected chi connectivity index (χ2v) is 4.67. The van der Waals surface area contributed by atoms with Crippen molar-refractivity contribution in [2.24, 2.45) is 0 Å². The van der Waals surface area contributed by atoms with Gasteiger partial charge in [-0.25, -0.2) is 0 Å². The lowest BCUT2D eigenvalue weighted by atomic mass is 10.0. The van der Waals surface area contributed by atoms with Crippen molar-refractivity contribution < 1.29 is 22.7 Å². The van der Waals surface area contributed by atoms with Gasteiger partial charge in [0.15, 0.2) is 0 Å². The van der Waals surface area contributed by atoms with Crippen LogP contribution in [-0.4, -0.2) is 12.1 Å². The summed E-state index contributed by atoms with van der Waals surface area (Å²) in [5.41, 5.74) is 0.287. The minimum absolute atomic E-state index is 0.109. The summed E-state index contributed by atoms with van der Waals surface area (Å²) < 4.78 is 41.0. The van der Waals surface area contributed by atoms with Crippen molar-refractivity contribution >= 4 is 33.3 Å². The van der Waals surface area contributed by atoms with E-state index >= 15 is 0 Å². The number of rotatable bonds is 4. The number of alkyl halides is 5. The summed E-state index contributed by atoms with van der Waals surface area (Å²) in [6.45, 7) is 1.27. The van der Waals surface area contributed by atoms with Gasteiger partial charge in [-0.2, -0.15) is 0 Å². The molecule has 0 saturated carbocycles. The third kappa shape index (κ3) is 3.88. The van der Waals surface area contributed by atoms with Crippen molar-refractivity contribution in [3.63, 3.8) is 0 Å². The zero-order valence-corrected chi connectivity index (χ0v) is 11.6. The fourth-order valence-corrected chi connectivity index (χ4v) is 1.94. The Balaban J connectivity index is 3.29. The number of para-hydroxylation sites is 1. The average molecular weight is 346 g/mol. The van der Waals surface area contributed by atoms with E-state index in [-0.39, 0.29) is 22.8 Å². The lowest BCUT2D eigenvalue weighted by molar-refractivity contribution is -0.275. The summed E-state index contributed by atoms with van der Waals surface area (Å²) in [6, 6.07) is 4.32. The molecule has 7 heteroatoms. The Bertz CT molecular complexity index is 448. The molecule has 0 aliphatic carbocycles. The van der Waals surface area contributed by atoms with Crippen LogP contribution in [0.25, 0.3) is 0 Å². The van der Waals surface area contributed by atoms with Crippen molar-refractivity contribution in [3.8, 4) is 5.75 Å². The predicted molar refractivity (Wildman–Crippen MR) is 65.0 cm³/mol. The smallest absolute Gasteiger partial charge is 0.405 e. The molecule has 0 fully saturated rings. The lowest BCUT2D eigenvalue weighted by Gasteiger charge is -2.18. The highest BCUT2D eigenvalue weighted by Crippen LogP contribution is 2.38. The number of halogens is 5. The van der Waals surface area contributed by atoms with Crippen LogP contribution in [0.4, 0.5) is 13.2 Å². The SMILES string of the molecule is CC(=O)C(Br)c1cccc(CCl)c1OC(F)(F)F. The van der Waals surface area contributed by atoms with Gasteiger partial charge in [-0.05, 0) is 6.92 Å². The maximum absolute atomic E-state index is 12.3. The number of carbonyl (C=O) groups is 1. The van der Waals surface area contributed by atoms with Crippen LogP contribution >= 0.6 is 27.5 Å². The quantitative estimate of drug-likeness (QED) is 0.758. The molecular formula is C11H9BrClF3O2. The molecule has 0 bridgehead atoms. The first kappa shape index (κ1) is 15.3. The number of ketones is 1. The number of hydrogen-bond acceptors (Lipinski definition) is 2. The molecule has 18 heavy (non-hydrogen) atoms. The molecule has 0 N–H and O–H groups in total. The van der Waals surface area contributed by atoms with Crippen LogP contribution in [0.15, 0.2) is 18.2 Å². The maximum Gasteiger partial charge on any atom is 0.573 e. The van der Waals surface area contributed by atoms with Crippen LogP contribution in [0, 0.1) is 0 Å². The summed E-state index contributed by atoms with van der Waals surface area (Å²) in [4.78, 5) is 10.4. The van der Waals surface area contributed by atoms with Gasteiger partial charge in [0, 0.05) is 11.1 Å². The van der Waals surface area contributed by atoms with E-state index in [2.05, 4.69) is 20.7 Å². The Morgan fingerprint density at radius 3 is 2.56 bits per heavy atom. The Kier molecular flexibility index (Phi) is 5.04. The third-order valence-electron chi connectivity index (χ3n) is 2.12. The van der Waals surface area contributed by atoms with Gasteiger partial charge in [-0.15, -0.1) is 24.8 Å². The summed E-state index contributed by atoms with van der Waals surface area (Å²) in [7, 11) is 0. The molecule has 0 radical (unpaired) electrons. The molecule has 0 amide bonds. The van der Waals surface area contributed by atoms with Crippen LogP contribution in [0.2, 0.25) is 0 Å². The van der Waals surface area contributed by atoms with Gasteiger partial charge in [0.2, 0.25) is 0 Å². The van der Waals surface area contributed by atoms with Crippen LogP contribution in [0.1, 0.15) is 22.9 Å². The van der Waals surface area contributed by atoms with Crippen molar-refractivity contribution in [3.05, 3.63) is 29.3 Å².